The third-order valence-corrected chi connectivity index (χ3v) is 4.64. The Morgan fingerprint density at radius 1 is 1.16 bits per heavy atom. The van der Waals surface area contributed by atoms with Crippen LogP contribution in [0, 0.1) is 0 Å². The number of likely N-dealkylation sites (N-methyl/N-ethyl adjacent to an activating group) is 1. The first-order valence-electron chi connectivity index (χ1n) is 7.90. The Balaban J connectivity index is 1.44. The van der Waals surface area contributed by atoms with E-state index in [4.69, 9.17) is 0 Å². The summed E-state index contributed by atoms with van der Waals surface area (Å²) in [6, 6.07) is 10.0. The van der Waals surface area contributed by atoms with Crippen LogP contribution in [0.4, 0.5) is 0 Å². The van der Waals surface area contributed by atoms with Crippen LogP contribution in [0.1, 0.15) is 49.7 Å². The van der Waals surface area contributed by atoms with Crippen molar-refractivity contribution in [3.8, 4) is 0 Å². The molecule has 1 heterocycles. The summed E-state index contributed by atoms with van der Waals surface area (Å²) in [4.78, 5) is 2.60. The molecule has 0 radical (unpaired) electrons. The SMILES string of the molecule is CCN1CCCC1CNCc1ccc(C2CC2)cc1. The van der Waals surface area contributed by atoms with Crippen LogP contribution in [-0.2, 0) is 6.54 Å². The number of nitrogens with zero attached hydrogens (tertiary/aromatic N) is 1. The van der Waals surface area contributed by atoms with Gasteiger partial charge in [-0.25, -0.2) is 0 Å². The number of benzene rings is 1. The highest BCUT2D eigenvalue weighted by Gasteiger charge is 2.23. The van der Waals surface area contributed by atoms with Gasteiger partial charge in [-0.15, -0.1) is 0 Å². The molecule has 2 aliphatic rings. The predicted molar refractivity (Wildman–Crippen MR) is 80.4 cm³/mol. The number of nitrogens with one attached hydrogen (secondary N) is 1. The molecular weight excluding hydrogens is 232 g/mol. The van der Waals surface area contributed by atoms with Gasteiger partial charge in [-0.1, -0.05) is 31.2 Å². The summed E-state index contributed by atoms with van der Waals surface area (Å²) in [6.07, 6.45) is 5.52. The van der Waals surface area contributed by atoms with Crippen molar-refractivity contribution >= 4 is 0 Å². The van der Waals surface area contributed by atoms with Crippen molar-refractivity contribution in [2.75, 3.05) is 19.6 Å². The van der Waals surface area contributed by atoms with E-state index in [0.717, 1.165) is 25.0 Å². The smallest absolute Gasteiger partial charge is 0.0221 e. The Bertz CT molecular complexity index is 394. The zero-order chi connectivity index (χ0) is 13.1. The van der Waals surface area contributed by atoms with Gasteiger partial charge in [0.2, 0.25) is 0 Å². The van der Waals surface area contributed by atoms with Gasteiger partial charge in [0.15, 0.2) is 0 Å². The molecule has 0 bridgehead atoms. The van der Waals surface area contributed by atoms with E-state index in [9.17, 15) is 0 Å². The zero-order valence-corrected chi connectivity index (χ0v) is 12.1. The maximum Gasteiger partial charge on any atom is 0.0221 e. The summed E-state index contributed by atoms with van der Waals surface area (Å²) in [6.45, 7) is 6.91. The van der Waals surface area contributed by atoms with Crippen molar-refractivity contribution in [3.63, 3.8) is 0 Å². The molecule has 1 N–H and O–H groups in total. The number of likely N-dealkylation sites (tertiary alicyclic amines) is 1. The van der Waals surface area contributed by atoms with Crippen LogP contribution in [-0.4, -0.2) is 30.6 Å². The maximum atomic E-state index is 3.63. The molecule has 2 fully saturated rings. The number of hydrogen-bond donors (Lipinski definition) is 1. The lowest BCUT2D eigenvalue weighted by Crippen LogP contribution is -2.37. The molecule has 1 aliphatic carbocycles. The molecule has 3 rings (SSSR count). The van der Waals surface area contributed by atoms with Crippen molar-refractivity contribution < 1.29 is 0 Å². The molecular formula is C17H26N2. The van der Waals surface area contributed by atoms with E-state index in [1.165, 1.54) is 49.9 Å². The molecule has 1 saturated carbocycles. The lowest BCUT2D eigenvalue weighted by atomic mass is 10.1. The van der Waals surface area contributed by atoms with Gasteiger partial charge in [0.1, 0.15) is 0 Å². The first-order valence-corrected chi connectivity index (χ1v) is 7.90. The summed E-state index contributed by atoms with van der Waals surface area (Å²) in [5, 5.41) is 3.63. The van der Waals surface area contributed by atoms with E-state index in [1.54, 1.807) is 0 Å². The van der Waals surface area contributed by atoms with Crippen LogP contribution in [0.25, 0.3) is 0 Å². The Morgan fingerprint density at radius 2 is 1.95 bits per heavy atom. The van der Waals surface area contributed by atoms with Crippen LogP contribution in [0.3, 0.4) is 0 Å². The summed E-state index contributed by atoms with van der Waals surface area (Å²) in [5.74, 6) is 0.874. The van der Waals surface area contributed by atoms with Crippen LogP contribution in [0.5, 0.6) is 0 Å². The molecule has 104 valence electrons. The first kappa shape index (κ1) is 13.1. The van der Waals surface area contributed by atoms with E-state index in [0.29, 0.717) is 0 Å². The van der Waals surface area contributed by atoms with Gasteiger partial charge in [-0.05, 0) is 55.8 Å². The summed E-state index contributed by atoms with van der Waals surface area (Å²) < 4.78 is 0. The third-order valence-electron chi connectivity index (χ3n) is 4.64. The minimum atomic E-state index is 0.760. The standard InChI is InChI=1S/C17H26N2/c1-2-19-11-3-4-17(19)13-18-12-14-5-7-15(8-6-14)16-9-10-16/h5-8,16-18H,2-4,9-13H2,1H3. The molecule has 1 aromatic rings. The Labute approximate surface area is 117 Å². The van der Waals surface area contributed by atoms with Gasteiger partial charge in [-0.3, -0.25) is 4.90 Å². The molecule has 0 spiro atoms. The Hall–Kier alpha value is -0.860. The fourth-order valence-corrected chi connectivity index (χ4v) is 3.25. The van der Waals surface area contributed by atoms with Gasteiger partial charge in [0, 0.05) is 19.1 Å². The molecule has 1 aromatic carbocycles. The molecule has 0 aromatic heterocycles. The largest absolute Gasteiger partial charge is 0.311 e. The summed E-state index contributed by atoms with van der Waals surface area (Å²) >= 11 is 0. The molecule has 1 aliphatic heterocycles. The predicted octanol–water partition coefficient (Wildman–Crippen LogP) is 3.14. The average molecular weight is 258 g/mol. The molecule has 1 unspecified atom stereocenters. The van der Waals surface area contributed by atoms with Gasteiger partial charge < -0.3 is 5.32 Å². The maximum absolute atomic E-state index is 3.63. The molecule has 0 amide bonds. The highest BCUT2D eigenvalue weighted by atomic mass is 15.2. The van der Waals surface area contributed by atoms with Gasteiger partial charge in [0.05, 0.1) is 0 Å². The Morgan fingerprint density at radius 3 is 2.63 bits per heavy atom. The van der Waals surface area contributed by atoms with Crippen molar-refractivity contribution in [2.24, 2.45) is 0 Å². The number of hydrogen-bond acceptors (Lipinski definition) is 2. The van der Waals surface area contributed by atoms with E-state index in [-0.39, 0.29) is 0 Å². The number of rotatable bonds is 6. The quantitative estimate of drug-likeness (QED) is 0.843. The molecule has 19 heavy (non-hydrogen) atoms. The van der Waals surface area contributed by atoms with Crippen molar-refractivity contribution in [1.82, 2.24) is 10.2 Å². The highest BCUT2D eigenvalue weighted by Crippen LogP contribution is 2.39. The van der Waals surface area contributed by atoms with Crippen LogP contribution >= 0.6 is 0 Å². The second-order valence-corrected chi connectivity index (χ2v) is 6.07. The van der Waals surface area contributed by atoms with Crippen molar-refractivity contribution in [2.45, 2.75) is 51.1 Å². The summed E-state index contributed by atoms with van der Waals surface area (Å²) in [7, 11) is 0. The van der Waals surface area contributed by atoms with E-state index in [1.807, 2.05) is 0 Å². The summed E-state index contributed by atoms with van der Waals surface area (Å²) in [5.41, 5.74) is 2.96. The second kappa shape index (κ2) is 6.06. The van der Waals surface area contributed by atoms with Crippen molar-refractivity contribution in [3.05, 3.63) is 35.4 Å². The normalized spacial score (nSPS) is 23.9. The fraction of sp³-hybridized carbons (Fsp3) is 0.647. The van der Waals surface area contributed by atoms with Crippen molar-refractivity contribution in [1.29, 1.82) is 0 Å². The van der Waals surface area contributed by atoms with Gasteiger partial charge in [-0.2, -0.15) is 0 Å². The lowest BCUT2D eigenvalue weighted by Gasteiger charge is -2.23. The monoisotopic (exact) mass is 258 g/mol. The van der Waals surface area contributed by atoms with Gasteiger partial charge in [0.25, 0.3) is 0 Å². The molecule has 1 saturated heterocycles. The molecule has 1 atom stereocenters. The minimum Gasteiger partial charge on any atom is -0.311 e. The van der Waals surface area contributed by atoms with E-state index >= 15 is 0 Å². The minimum absolute atomic E-state index is 0.760. The Kier molecular flexibility index (Phi) is 4.19. The average Bonchev–Trinajstić information content (AvgIpc) is 3.19. The van der Waals surface area contributed by atoms with E-state index < -0.39 is 0 Å². The zero-order valence-electron chi connectivity index (χ0n) is 12.1. The highest BCUT2D eigenvalue weighted by molar-refractivity contribution is 5.27. The molecule has 2 heteroatoms. The molecule has 2 nitrogen and oxygen atoms in total. The fourth-order valence-electron chi connectivity index (χ4n) is 3.25. The van der Waals surface area contributed by atoms with Crippen LogP contribution < -0.4 is 5.32 Å². The first-order chi connectivity index (χ1) is 9.36. The third kappa shape index (κ3) is 3.37. The lowest BCUT2D eigenvalue weighted by molar-refractivity contribution is 0.260. The second-order valence-electron chi connectivity index (χ2n) is 6.07. The van der Waals surface area contributed by atoms with Gasteiger partial charge >= 0.3 is 0 Å². The topological polar surface area (TPSA) is 15.3 Å². The van der Waals surface area contributed by atoms with Crippen LogP contribution in [0.15, 0.2) is 24.3 Å². The van der Waals surface area contributed by atoms with Crippen LogP contribution in [0.2, 0.25) is 0 Å². The van der Waals surface area contributed by atoms with E-state index in [2.05, 4.69) is 41.4 Å².